The van der Waals surface area contributed by atoms with Crippen molar-refractivity contribution in [2.75, 3.05) is 26.2 Å². The summed E-state index contributed by atoms with van der Waals surface area (Å²) in [6, 6.07) is 4.96. The molecule has 2 fully saturated rings. The fourth-order valence-electron chi connectivity index (χ4n) is 4.20. The van der Waals surface area contributed by atoms with Gasteiger partial charge in [-0.1, -0.05) is 18.9 Å². The second kappa shape index (κ2) is 11.9. The van der Waals surface area contributed by atoms with Gasteiger partial charge in [0, 0.05) is 44.3 Å². The van der Waals surface area contributed by atoms with Crippen LogP contribution in [0, 0.1) is 11.6 Å². The molecule has 1 aromatic carbocycles. The fraction of sp³-hybridized carbons (Fsp3) is 0.667. The molecule has 158 valence electrons. The zero-order valence-corrected chi connectivity index (χ0v) is 19.1. The molecule has 4 nitrogen and oxygen atoms in total. The summed E-state index contributed by atoms with van der Waals surface area (Å²) in [5, 5.41) is 6.81. The number of hydrogen-bond acceptors (Lipinski definition) is 2. The Morgan fingerprint density at radius 1 is 1.14 bits per heavy atom. The van der Waals surface area contributed by atoms with Crippen LogP contribution >= 0.6 is 24.0 Å². The van der Waals surface area contributed by atoms with Crippen LogP contribution in [0.1, 0.15) is 51.0 Å². The van der Waals surface area contributed by atoms with Gasteiger partial charge in [-0.15, -0.1) is 24.0 Å². The Bertz CT molecular complexity index is 627. The van der Waals surface area contributed by atoms with E-state index in [1.165, 1.54) is 37.8 Å². The molecular weight excluding hydrogens is 473 g/mol. The summed E-state index contributed by atoms with van der Waals surface area (Å²) in [7, 11) is 0. The second-order valence-electron chi connectivity index (χ2n) is 7.64. The number of nitrogens with one attached hydrogen (secondary N) is 2. The van der Waals surface area contributed by atoms with Crippen molar-refractivity contribution in [1.82, 2.24) is 15.5 Å². The van der Waals surface area contributed by atoms with Gasteiger partial charge in [0.2, 0.25) is 0 Å². The van der Waals surface area contributed by atoms with Crippen molar-refractivity contribution in [2.24, 2.45) is 4.99 Å². The number of halogens is 3. The van der Waals surface area contributed by atoms with Crippen LogP contribution in [0.5, 0.6) is 0 Å². The summed E-state index contributed by atoms with van der Waals surface area (Å²) >= 11 is 0. The SMILES string of the molecule is CCNC(=NCCc1ccc(F)cc1F)NC1CCN(C2CCCC2)CC1.I. The lowest BCUT2D eigenvalue weighted by Gasteiger charge is -2.36. The van der Waals surface area contributed by atoms with Crippen LogP contribution in [0.3, 0.4) is 0 Å². The average molecular weight is 506 g/mol. The van der Waals surface area contributed by atoms with E-state index in [1.54, 1.807) is 0 Å². The average Bonchev–Trinajstić information content (AvgIpc) is 3.19. The molecule has 0 amide bonds. The van der Waals surface area contributed by atoms with Gasteiger partial charge < -0.3 is 15.5 Å². The van der Waals surface area contributed by atoms with E-state index in [-0.39, 0.29) is 24.0 Å². The topological polar surface area (TPSA) is 39.7 Å². The fourth-order valence-corrected chi connectivity index (χ4v) is 4.20. The third-order valence-corrected chi connectivity index (χ3v) is 5.72. The molecule has 2 aliphatic rings. The maximum Gasteiger partial charge on any atom is 0.191 e. The molecule has 1 aliphatic heterocycles. The first-order valence-electron chi connectivity index (χ1n) is 10.4. The monoisotopic (exact) mass is 506 g/mol. The highest BCUT2D eigenvalue weighted by molar-refractivity contribution is 14.0. The molecule has 7 heteroatoms. The molecule has 1 aliphatic carbocycles. The number of hydrogen-bond donors (Lipinski definition) is 2. The molecule has 1 saturated carbocycles. The van der Waals surface area contributed by atoms with Gasteiger partial charge in [0.1, 0.15) is 11.6 Å². The number of nitrogens with zero attached hydrogens (tertiary/aromatic N) is 2. The number of likely N-dealkylation sites (tertiary alicyclic amines) is 1. The number of guanidine groups is 1. The molecule has 0 radical (unpaired) electrons. The Kier molecular flexibility index (Phi) is 9.91. The Balaban J connectivity index is 0.00000280. The summed E-state index contributed by atoms with van der Waals surface area (Å²) in [5.41, 5.74) is 0.501. The van der Waals surface area contributed by atoms with Crippen LogP contribution in [0.15, 0.2) is 23.2 Å². The van der Waals surface area contributed by atoms with Gasteiger partial charge in [0.15, 0.2) is 5.96 Å². The van der Waals surface area contributed by atoms with Gasteiger partial charge in [0.25, 0.3) is 0 Å². The first-order chi connectivity index (χ1) is 13.2. The molecule has 0 bridgehead atoms. The van der Waals surface area contributed by atoms with E-state index in [0.29, 0.717) is 24.6 Å². The van der Waals surface area contributed by atoms with Crippen LogP contribution in [0.4, 0.5) is 8.78 Å². The molecular formula is C21H33F2IN4. The zero-order chi connectivity index (χ0) is 19.1. The highest BCUT2D eigenvalue weighted by atomic mass is 127. The van der Waals surface area contributed by atoms with Gasteiger partial charge >= 0.3 is 0 Å². The van der Waals surface area contributed by atoms with E-state index in [1.807, 2.05) is 6.92 Å². The summed E-state index contributed by atoms with van der Waals surface area (Å²) in [5.74, 6) is -0.250. The van der Waals surface area contributed by atoms with Gasteiger partial charge in [-0.2, -0.15) is 0 Å². The summed E-state index contributed by atoms with van der Waals surface area (Å²) in [6.07, 6.45) is 8.22. The van der Waals surface area contributed by atoms with Crippen molar-refractivity contribution in [3.8, 4) is 0 Å². The van der Waals surface area contributed by atoms with E-state index >= 15 is 0 Å². The molecule has 3 rings (SSSR count). The quantitative estimate of drug-likeness (QED) is 0.347. The van der Waals surface area contributed by atoms with Crippen molar-refractivity contribution >= 4 is 29.9 Å². The highest BCUT2D eigenvalue weighted by Gasteiger charge is 2.27. The van der Waals surface area contributed by atoms with Crippen molar-refractivity contribution in [3.63, 3.8) is 0 Å². The standard InChI is InChI=1S/C21H32F2N4.HI/c1-2-24-21(25-12-9-16-7-8-17(22)15-20(16)23)26-18-10-13-27(14-11-18)19-5-3-4-6-19;/h7-8,15,18-19H,2-6,9-14H2,1H3,(H2,24,25,26);1H. The van der Waals surface area contributed by atoms with E-state index < -0.39 is 11.6 Å². The molecule has 0 unspecified atom stereocenters. The van der Waals surface area contributed by atoms with Crippen LogP contribution in [0.2, 0.25) is 0 Å². The van der Waals surface area contributed by atoms with Crippen LogP contribution in [0.25, 0.3) is 0 Å². The number of piperidine rings is 1. The maximum absolute atomic E-state index is 13.7. The zero-order valence-electron chi connectivity index (χ0n) is 16.7. The Morgan fingerprint density at radius 2 is 1.86 bits per heavy atom. The molecule has 1 saturated heterocycles. The lowest BCUT2D eigenvalue weighted by atomic mass is 10.0. The Labute approximate surface area is 184 Å². The highest BCUT2D eigenvalue weighted by Crippen LogP contribution is 2.26. The van der Waals surface area contributed by atoms with Crippen molar-refractivity contribution < 1.29 is 8.78 Å². The lowest BCUT2D eigenvalue weighted by Crippen LogP contribution is -2.50. The van der Waals surface area contributed by atoms with Crippen molar-refractivity contribution in [2.45, 2.75) is 64.0 Å². The first kappa shape index (κ1) is 23.3. The van der Waals surface area contributed by atoms with Crippen LogP contribution in [-0.2, 0) is 6.42 Å². The summed E-state index contributed by atoms with van der Waals surface area (Å²) < 4.78 is 26.7. The normalized spacial score (nSPS) is 19.5. The van der Waals surface area contributed by atoms with E-state index in [4.69, 9.17) is 0 Å². The lowest BCUT2D eigenvalue weighted by molar-refractivity contribution is 0.150. The maximum atomic E-state index is 13.7. The largest absolute Gasteiger partial charge is 0.357 e. The van der Waals surface area contributed by atoms with E-state index in [2.05, 4.69) is 20.5 Å². The van der Waals surface area contributed by atoms with Gasteiger partial charge in [-0.25, -0.2) is 8.78 Å². The minimum absolute atomic E-state index is 0. The molecule has 2 N–H and O–H groups in total. The molecule has 0 atom stereocenters. The smallest absolute Gasteiger partial charge is 0.191 e. The third-order valence-electron chi connectivity index (χ3n) is 5.72. The minimum atomic E-state index is -0.543. The molecule has 0 aromatic heterocycles. The van der Waals surface area contributed by atoms with Gasteiger partial charge in [0.05, 0.1) is 0 Å². The second-order valence-corrected chi connectivity index (χ2v) is 7.64. The molecule has 1 aromatic rings. The Hall–Kier alpha value is -0.960. The first-order valence-corrected chi connectivity index (χ1v) is 10.4. The third kappa shape index (κ3) is 6.83. The summed E-state index contributed by atoms with van der Waals surface area (Å²) in [4.78, 5) is 7.24. The van der Waals surface area contributed by atoms with Crippen molar-refractivity contribution in [3.05, 3.63) is 35.4 Å². The van der Waals surface area contributed by atoms with Crippen molar-refractivity contribution in [1.29, 1.82) is 0 Å². The minimum Gasteiger partial charge on any atom is -0.357 e. The molecule has 0 spiro atoms. The molecule has 1 heterocycles. The number of benzene rings is 1. The summed E-state index contributed by atoms with van der Waals surface area (Å²) in [6.45, 7) is 5.61. The molecule has 28 heavy (non-hydrogen) atoms. The van der Waals surface area contributed by atoms with Crippen LogP contribution in [-0.4, -0.2) is 49.1 Å². The van der Waals surface area contributed by atoms with Gasteiger partial charge in [-0.05, 0) is 50.7 Å². The van der Waals surface area contributed by atoms with Crippen LogP contribution < -0.4 is 10.6 Å². The predicted octanol–water partition coefficient (Wildman–Crippen LogP) is 4.09. The van der Waals surface area contributed by atoms with Gasteiger partial charge in [-0.3, -0.25) is 4.99 Å². The number of rotatable bonds is 6. The Morgan fingerprint density at radius 3 is 2.50 bits per heavy atom. The van der Waals surface area contributed by atoms with E-state index in [0.717, 1.165) is 50.5 Å². The van der Waals surface area contributed by atoms with E-state index in [9.17, 15) is 8.78 Å². The predicted molar refractivity (Wildman–Crippen MR) is 121 cm³/mol. The number of aliphatic imine (C=N–C) groups is 1.